The maximum absolute atomic E-state index is 13.8. The van der Waals surface area contributed by atoms with Gasteiger partial charge in [-0.1, -0.05) is 0 Å². The van der Waals surface area contributed by atoms with Crippen molar-refractivity contribution >= 4 is 5.78 Å². The Labute approximate surface area is 121 Å². The molecule has 0 atom stereocenters. The van der Waals surface area contributed by atoms with E-state index in [4.69, 9.17) is 0 Å². The highest BCUT2D eigenvalue weighted by Crippen LogP contribution is 2.23. The number of benzene rings is 1. The van der Waals surface area contributed by atoms with E-state index in [0.717, 1.165) is 44.1 Å². The van der Waals surface area contributed by atoms with Crippen molar-refractivity contribution in [2.75, 3.05) is 13.1 Å². The van der Waals surface area contributed by atoms with Crippen LogP contribution in [-0.2, 0) is 0 Å². The van der Waals surface area contributed by atoms with Crippen LogP contribution < -0.4 is 5.32 Å². The Morgan fingerprint density at radius 1 is 1.19 bits per heavy atom. The minimum atomic E-state index is -0.695. The van der Waals surface area contributed by atoms with Crippen molar-refractivity contribution in [3.8, 4) is 0 Å². The number of hydrogen-bond acceptors (Lipinski definition) is 2. The highest BCUT2D eigenvalue weighted by molar-refractivity contribution is 6.08. The lowest BCUT2D eigenvalue weighted by atomic mass is 10.0. The summed E-state index contributed by atoms with van der Waals surface area (Å²) in [6.07, 6.45) is 3.67. The number of nitrogens with zero attached hydrogens (tertiary/aromatic N) is 1. The molecule has 0 unspecified atom stereocenters. The SMILES string of the molecule is O=C(c1cc(F)ccc1F)c1cccn1C1CCNCC1. The third-order valence-electron chi connectivity index (χ3n) is 3.89. The highest BCUT2D eigenvalue weighted by Gasteiger charge is 2.22. The summed E-state index contributed by atoms with van der Waals surface area (Å²) in [7, 11) is 0. The second-order valence-electron chi connectivity index (χ2n) is 5.24. The van der Waals surface area contributed by atoms with Crippen LogP contribution in [0.2, 0.25) is 0 Å². The zero-order valence-corrected chi connectivity index (χ0v) is 11.5. The summed E-state index contributed by atoms with van der Waals surface area (Å²) < 4.78 is 28.9. The number of nitrogens with one attached hydrogen (secondary N) is 1. The third kappa shape index (κ3) is 2.74. The number of hydrogen-bond donors (Lipinski definition) is 1. The van der Waals surface area contributed by atoms with Crippen LogP contribution >= 0.6 is 0 Å². The first-order valence-corrected chi connectivity index (χ1v) is 7.04. The van der Waals surface area contributed by atoms with Gasteiger partial charge in [-0.3, -0.25) is 4.79 Å². The standard InChI is InChI=1S/C16H16F2N2O/c17-11-3-4-14(18)13(10-11)16(21)15-2-1-9-20(15)12-5-7-19-8-6-12/h1-4,9-10,12,19H,5-8H2. The molecule has 0 spiro atoms. The van der Waals surface area contributed by atoms with E-state index in [1.807, 2.05) is 10.8 Å². The van der Waals surface area contributed by atoms with Crippen LogP contribution in [0.5, 0.6) is 0 Å². The highest BCUT2D eigenvalue weighted by atomic mass is 19.1. The summed E-state index contributed by atoms with van der Waals surface area (Å²) in [5.74, 6) is -1.78. The van der Waals surface area contributed by atoms with Crippen molar-refractivity contribution in [2.24, 2.45) is 0 Å². The predicted octanol–water partition coefficient (Wildman–Crippen LogP) is 2.92. The molecular formula is C16H16F2N2O. The fourth-order valence-electron chi connectivity index (χ4n) is 2.80. The van der Waals surface area contributed by atoms with Crippen molar-refractivity contribution in [3.05, 3.63) is 59.4 Å². The summed E-state index contributed by atoms with van der Waals surface area (Å²) in [6.45, 7) is 1.79. The van der Waals surface area contributed by atoms with Gasteiger partial charge in [-0.2, -0.15) is 0 Å². The molecule has 2 heterocycles. The molecule has 1 saturated heterocycles. The molecule has 110 valence electrons. The minimum Gasteiger partial charge on any atom is -0.342 e. The van der Waals surface area contributed by atoms with Crippen molar-refractivity contribution in [1.29, 1.82) is 0 Å². The van der Waals surface area contributed by atoms with Gasteiger partial charge in [0.1, 0.15) is 11.6 Å². The maximum atomic E-state index is 13.8. The Balaban J connectivity index is 1.95. The average Bonchev–Trinajstić information content (AvgIpc) is 2.99. The predicted molar refractivity (Wildman–Crippen MR) is 75.4 cm³/mol. The van der Waals surface area contributed by atoms with Crippen LogP contribution in [0.25, 0.3) is 0 Å². The molecule has 1 aliphatic rings. The molecule has 1 aromatic carbocycles. The number of halogens is 2. The van der Waals surface area contributed by atoms with E-state index >= 15 is 0 Å². The number of piperidine rings is 1. The first-order chi connectivity index (χ1) is 10.2. The lowest BCUT2D eigenvalue weighted by Crippen LogP contribution is -2.30. The Morgan fingerprint density at radius 3 is 2.71 bits per heavy atom. The number of ketones is 1. The molecular weight excluding hydrogens is 274 g/mol. The fraction of sp³-hybridized carbons (Fsp3) is 0.312. The van der Waals surface area contributed by atoms with E-state index in [9.17, 15) is 13.6 Å². The monoisotopic (exact) mass is 290 g/mol. The fourth-order valence-corrected chi connectivity index (χ4v) is 2.80. The lowest BCUT2D eigenvalue weighted by molar-refractivity contribution is 0.102. The Bertz CT molecular complexity index is 660. The van der Waals surface area contributed by atoms with Crippen LogP contribution in [0.3, 0.4) is 0 Å². The molecule has 0 saturated carbocycles. The largest absolute Gasteiger partial charge is 0.342 e. The van der Waals surface area contributed by atoms with E-state index in [2.05, 4.69) is 5.32 Å². The maximum Gasteiger partial charge on any atom is 0.212 e. The molecule has 1 fully saturated rings. The van der Waals surface area contributed by atoms with Gasteiger partial charge in [0.2, 0.25) is 5.78 Å². The minimum absolute atomic E-state index is 0.219. The second-order valence-corrected chi connectivity index (χ2v) is 5.24. The number of carbonyl (C=O) groups excluding carboxylic acids is 1. The molecule has 21 heavy (non-hydrogen) atoms. The number of aromatic nitrogens is 1. The lowest BCUT2D eigenvalue weighted by Gasteiger charge is -2.25. The molecule has 0 amide bonds. The van der Waals surface area contributed by atoms with E-state index in [-0.39, 0.29) is 11.6 Å². The quantitative estimate of drug-likeness (QED) is 0.882. The first kappa shape index (κ1) is 13.9. The molecule has 5 heteroatoms. The summed E-state index contributed by atoms with van der Waals surface area (Å²) in [6, 6.07) is 6.61. The van der Waals surface area contributed by atoms with Gasteiger partial charge in [-0.25, -0.2) is 8.78 Å². The van der Waals surface area contributed by atoms with Crippen LogP contribution in [0, 0.1) is 11.6 Å². The molecule has 0 radical (unpaired) electrons. The summed E-state index contributed by atoms with van der Waals surface area (Å²) in [4.78, 5) is 12.5. The molecule has 3 rings (SSSR count). The first-order valence-electron chi connectivity index (χ1n) is 7.04. The Morgan fingerprint density at radius 2 is 1.95 bits per heavy atom. The molecule has 0 bridgehead atoms. The van der Waals surface area contributed by atoms with Gasteiger partial charge in [0.05, 0.1) is 11.3 Å². The normalized spacial score (nSPS) is 16.1. The molecule has 1 aromatic heterocycles. The molecule has 1 aliphatic heterocycles. The van der Waals surface area contributed by atoms with Crippen molar-refractivity contribution in [1.82, 2.24) is 9.88 Å². The van der Waals surface area contributed by atoms with Crippen LogP contribution in [0.15, 0.2) is 36.5 Å². The van der Waals surface area contributed by atoms with E-state index < -0.39 is 17.4 Å². The van der Waals surface area contributed by atoms with Gasteiger partial charge in [0.15, 0.2) is 0 Å². The summed E-state index contributed by atoms with van der Waals surface area (Å²) >= 11 is 0. The average molecular weight is 290 g/mol. The molecule has 1 N–H and O–H groups in total. The van der Waals surface area contributed by atoms with Gasteiger partial charge in [0.25, 0.3) is 0 Å². The van der Waals surface area contributed by atoms with Gasteiger partial charge in [-0.05, 0) is 56.3 Å². The molecule has 2 aromatic rings. The van der Waals surface area contributed by atoms with Gasteiger partial charge < -0.3 is 9.88 Å². The number of rotatable bonds is 3. The van der Waals surface area contributed by atoms with E-state index in [1.165, 1.54) is 0 Å². The van der Waals surface area contributed by atoms with E-state index in [1.54, 1.807) is 12.1 Å². The van der Waals surface area contributed by atoms with Gasteiger partial charge in [-0.15, -0.1) is 0 Å². The van der Waals surface area contributed by atoms with Crippen molar-refractivity contribution in [2.45, 2.75) is 18.9 Å². The Hall–Kier alpha value is -2.01. The van der Waals surface area contributed by atoms with E-state index in [0.29, 0.717) is 5.69 Å². The van der Waals surface area contributed by atoms with Crippen molar-refractivity contribution < 1.29 is 13.6 Å². The Kier molecular flexibility index (Phi) is 3.84. The van der Waals surface area contributed by atoms with Gasteiger partial charge in [0, 0.05) is 12.2 Å². The molecule has 0 aliphatic carbocycles. The molecule has 3 nitrogen and oxygen atoms in total. The topological polar surface area (TPSA) is 34.0 Å². The smallest absolute Gasteiger partial charge is 0.212 e. The van der Waals surface area contributed by atoms with Crippen molar-refractivity contribution in [3.63, 3.8) is 0 Å². The van der Waals surface area contributed by atoms with Crippen LogP contribution in [0.4, 0.5) is 8.78 Å². The van der Waals surface area contributed by atoms with Crippen LogP contribution in [0.1, 0.15) is 34.9 Å². The zero-order chi connectivity index (χ0) is 14.8. The van der Waals surface area contributed by atoms with Gasteiger partial charge >= 0.3 is 0 Å². The summed E-state index contributed by atoms with van der Waals surface area (Å²) in [5.41, 5.74) is 0.190. The zero-order valence-electron chi connectivity index (χ0n) is 11.5. The summed E-state index contributed by atoms with van der Waals surface area (Å²) in [5, 5.41) is 3.27. The van der Waals surface area contributed by atoms with Crippen LogP contribution in [-0.4, -0.2) is 23.4 Å². The third-order valence-corrected chi connectivity index (χ3v) is 3.89. The number of carbonyl (C=O) groups is 1. The second kappa shape index (κ2) is 5.77.